The number of aryl methyl sites for hydroxylation is 1. The van der Waals surface area contributed by atoms with Crippen molar-refractivity contribution in [1.82, 2.24) is 15.3 Å². The largest absolute Gasteiger partial charge is 0.480 e. The summed E-state index contributed by atoms with van der Waals surface area (Å²) in [7, 11) is 0. The van der Waals surface area contributed by atoms with E-state index in [1.807, 2.05) is 37.7 Å². The number of hydrogen-bond acceptors (Lipinski definition) is 7. The minimum atomic E-state index is -0.824. The van der Waals surface area contributed by atoms with Crippen LogP contribution in [0.5, 0.6) is 5.75 Å². The van der Waals surface area contributed by atoms with Gasteiger partial charge in [-0.3, -0.25) is 9.78 Å². The van der Waals surface area contributed by atoms with Gasteiger partial charge < -0.3 is 20.5 Å². The second-order valence-electron chi connectivity index (χ2n) is 9.54. The molecule has 1 saturated carbocycles. The second-order valence-corrected chi connectivity index (χ2v) is 11.0. The molecule has 1 atom stereocenters. The standard InChI is InChI=1S/C24H29FN4O3S/c1-14-15(2)26-11-17(25)21(14)18(30)9-24-7-5-23(6-8-24,13-33-24)27-10-16-3-4-19-22(28-16)29-20(31)12-32-19/h3-4,11,18,27,30H,5-10,12-13H2,1-2H3,(H,28,29,31). The maximum absolute atomic E-state index is 14.4. The summed E-state index contributed by atoms with van der Waals surface area (Å²) < 4.78 is 19.8. The topological polar surface area (TPSA) is 96.4 Å². The minimum Gasteiger partial charge on any atom is -0.480 e. The number of thioether (sulfide) groups is 1. The molecule has 176 valence electrons. The average Bonchev–Trinajstić information content (AvgIpc) is 2.81. The van der Waals surface area contributed by atoms with E-state index in [2.05, 4.69) is 20.6 Å². The predicted molar refractivity (Wildman–Crippen MR) is 125 cm³/mol. The van der Waals surface area contributed by atoms with Crippen LogP contribution in [0.1, 0.15) is 60.7 Å². The quantitative estimate of drug-likeness (QED) is 0.591. The number of amides is 1. The molecular weight excluding hydrogens is 443 g/mol. The Kier molecular flexibility index (Phi) is 5.83. The number of fused-ring (bicyclic) bond motifs is 4. The molecule has 2 saturated heterocycles. The minimum absolute atomic E-state index is 0.0232. The van der Waals surface area contributed by atoms with Crippen molar-refractivity contribution in [3.05, 3.63) is 46.7 Å². The van der Waals surface area contributed by atoms with Crippen molar-refractivity contribution in [2.45, 2.75) is 68.9 Å². The van der Waals surface area contributed by atoms with Gasteiger partial charge in [0.05, 0.1) is 18.0 Å². The molecule has 3 N–H and O–H groups in total. The van der Waals surface area contributed by atoms with E-state index in [1.54, 1.807) is 0 Å². The molecule has 33 heavy (non-hydrogen) atoms. The summed E-state index contributed by atoms with van der Waals surface area (Å²) in [6.45, 7) is 4.31. The molecule has 1 unspecified atom stereocenters. The molecule has 0 radical (unpaired) electrons. The first kappa shape index (κ1) is 22.6. The van der Waals surface area contributed by atoms with Crippen molar-refractivity contribution in [2.75, 3.05) is 17.7 Å². The highest BCUT2D eigenvalue weighted by Gasteiger charge is 2.50. The van der Waals surface area contributed by atoms with Crippen LogP contribution >= 0.6 is 11.8 Å². The highest BCUT2D eigenvalue weighted by Crippen LogP contribution is 2.55. The fourth-order valence-electron chi connectivity index (χ4n) is 5.19. The second kappa shape index (κ2) is 8.52. The SMILES string of the molecule is Cc1ncc(F)c(C(O)CC23CCC(NCc4ccc5c(n4)NC(=O)CO5)(CC2)CS3)c1C. The highest BCUT2D eigenvalue weighted by molar-refractivity contribution is 8.00. The molecule has 2 aromatic heterocycles. The van der Waals surface area contributed by atoms with Gasteiger partial charge in [-0.05, 0) is 63.6 Å². The fourth-order valence-corrected chi connectivity index (χ4v) is 6.93. The number of nitrogens with zero attached hydrogens (tertiary/aromatic N) is 2. The molecule has 1 aliphatic carbocycles. The predicted octanol–water partition coefficient (Wildman–Crippen LogP) is 3.58. The Labute approximate surface area is 196 Å². The number of ether oxygens (including phenoxy) is 1. The van der Waals surface area contributed by atoms with Gasteiger partial charge in [0.1, 0.15) is 5.82 Å². The first-order valence-corrected chi connectivity index (χ1v) is 12.4. The number of aromatic nitrogens is 2. The zero-order valence-corrected chi connectivity index (χ0v) is 19.7. The van der Waals surface area contributed by atoms with E-state index in [9.17, 15) is 14.3 Å². The molecule has 3 aliphatic heterocycles. The lowest BCUT2D eigenvalue weighted by atomic mass is 9.73. The van der Waals surface area contributed by atoms with Crippen LogP contribution in [0.3, 0.4) is 0 Å². The zero-order valence-electron chi connectivity index (χ0n) is 18.9. The molecule has 1 amide bonds. The smallest absolute Gasteiger partial charge is 0.263 e. The van der Waals surface area contributed by atoms with E-state index in [0.29, 0.717) is 30.1 Å². The van der Waals surface area contributed by atoms with Crippen LogP contribution in [-0.4, -0.2) is 43.6 Å². The number of halogens is 1. The van der Waals surface area contributed by atoms with Crippen molar-refractivity contribution >= 4 is 23.5 Å². The van der Waals surface area contributed by atoms with Crippen molar-refractivity contribution < 1.29 is 19.0 Å². The van der Waals surface area contributed by atoms with Crippen LogP contribution in [0.4, 0.5) is 10.2 Å². The average molecular weight is 473 g/mol. The van der Waals surface area contributed by atoms with Crippen molar-refractivity contribution in [2.24, 2.45) is 0 Å². The molecule has 2 aromatic rings. The Balaban J connectivity index is 1.21. The van der Waals surface area contributed by atoms with Crippen molar-refractivity contribution in [3.63, 3.8) is 0 Å². The maximum Gasteiger partial charge on any atom is 0.263 e. The molecule has 6 rings (SSSR count). The fraction of sp³-hybridized carbons (Fsp3) is 0.542. The van der Waals surface area contributed by atoms with Gasteiger partial charge in [-0.2, -0.15) is 11.8 Å². The Morgan fingerprint density at radius 2 is 2.09 bits per heavy atom. The Hall–Kier alpha value is -2.23. The van der Waals surface area contributed by atoms with Gasteiger partial charge in [-0.25, -0.2) is 9.37 Å². The molecule has 4 aliphatic rings. The summed E-state index contributed by atoms with van der Waals surface area (Å²) in [5, 5.41) is 17.4. The van der Waals surface area contributed by atoms with Crippen LogP contribution in [-0.2, 0) is 11.3 Å². The van der Waals surface area contributed by atoms with Crippen LogP contribution < -0.4 is 15.4 Å². The lowest BCUT2D eigenvalue weighted by molar-refractivity contribution is -0.118. The number of pyridine rings is 2. The molecule has 3 fully saturated rings. The summed E-state index contributed by atoms with van der Waals surface area (Å²) in [5.74, 6) is 1.41. The van der Waals surface area contributed by atoms with Gasteiger partial charge >= 0.3 is 0 Å². The molecule has 2 bridgehead atoms. The van der Waals surface area contributed by atoms with Crippen LogP contribution in [0.2, 0.25) is 0 Å². The third-order valence-corrected chi connectivity index (χ3v) is 9.31. The van der Waals surface area contributed by atoms with Crippen molar-refractivity contribution in [1.29, 1.82) is 0 Å². The molecular formula is C24H29FN4O3S. The van der Waals surface area contributed by atoms with Crippen molar-refractivity contribution in [3.8, 4) is 5.75 Å². The lowest BCUT2D eigenvalue weighted by Gasteiger charge is -2.54. The number of hydrogen-bond donors (Lipinski definition) is 3. The van der Waals surface area contributed by atoms with E-state index >= 15 is 0 Å². The van der Waals surface area contributed by atoms with Crippen LogP contribution in [0.15, 0.2) is 18.3 Å². The lowest BCUT2D eigenvalue weighted by Crippen LogP contribution is -2.57. The van der Waals surface area contributed by atoms with Crippen LogP contribution in [0, 0.1) is 19.7 Å². The van der Waals surface area contributed by atoms with Gasteiger partial charge in [-0.1, -0.05) is 0 Å². The van der Waals surface area contributed by atoms with E-state index in [0.717, 1.165) is 48.4 Å². The zero-order chi connectivity index (χ0) is 23.2. The normalized spacial score (nSPS) is 27.0. The van der Waals surface area contributed by atoms with E-state index in [1.165, 1.54) is 6.20 Å². The number of anilines is 1. The Bertz CT molecular complexity index is 1070. The number of carbonyl (C=O) groups is 1. The number of nitrogens with one attached hydrogen (secondary N) is 2. The molecule has 5 heterocycles. The van der Waals surface area contributed by atoms with Gasteiger partial charge in [0.25, 0.3) is 5.91 Å². The molecule has 0 aromatic carbocycles. The van der Waals surface area contributed by atoms with Gasteiger partial charge in [0.15, 0.2) is 18.2 Å². The molecule has 9 heteroatoms. The Morgan fingerprint density at radius 3 is 2.82 bits per heavy atom. The van der Waals surface area contributed by atoms with E-state index in [4.69, 9.17) is 4.74 Å². The van der Waals surface area contributed by atoms with Gasteiger partial charge in [-0.15, -0.1) is 0 Å². The number of aliphatic hydroxyl groups excluding tert-OH is 1. The molecule has 7 nitrogen and oxygen atoms in total. The third kappa shape index (κ3) is 4.34. The monoisotopic (exact) mass is 472 g/mol. The molecule has 0 spiro atoms. The van der Waals surface area contributed by atoms with E-state index < -0.39 is 11.9 Å². The van der Waals surface area contributed by atoms with Crippen LogP contribution in [0.25, 0.3) is 0 Å². The van der Waals surface area contributed by atoms with E-state index in [-0.39, 0.29) is 22.8 Å². The highest BCUT2D eigenvalue weighted by atomic mass is 32.2. The first-order chi connectivity index (χ1) is 15.8. The maximum atomic E-state index is 14.4. The number of carbonyl (C=O) groups excluding carboxylic acids is 1. The third-order valence-electron chi connectivity index (χ3n) is 7.42. The summed E-state index contributed by atoms with van der Waals surface area (Å²) in [4.78, 5) is 20.2. The Morgan fingerprint density at radius 1 is 1.30 bits per heavy atom. The summed E-state index contributed by atoms with van der Waals surface area (Å²) >= 11 is 1.90. The first-order valence-electron chi connectivity index (χ1n) is 11.4. The number of rotatable bonds is 6. The summed E-state index contributed by atoms with van der Waals surface area (Å²) in [6.07, 6.45) is 4.93. The van der Waals surface area contributed by atoms with Gasteiger partial charge in [0, 0.05) is 33.8 Å². The number of aliphatic hydroxyl groups is 1. The summed E-state index contributed by atoms with van der Waals surface area (Å²) in [5.41, 5.74) is 2.78. The summed E-state index contributed by atoms with van der Waals surface area (Å²) in [6, 6.07) is 3.77. The van der Waals surface area contributed by atoms with Gasteiger partial charge in [0.2, 0.25) is 0 Å².